The van der Waals surface area contributed by atoms with E-state index in [0.717, 1.165) is 28.0 Å². The third kappa shape index (κ3) is 3.77. The highest BCUT2D eigenvalue weighted by Gasteiger charge is 2.23. The Morgan fingerprint density at radius 2 is 2.19 bits per heavy atom. The lowest BCUT2D eigenvalue weighted by Crippen LogP contribution is -2.31. The standard InChI is InChI=1S/C15H20BrN3O2/c1-4-13(17)15(10-8-18-19(2)9-10)21-14-6-5-11(20-3)7-12(14)16/h5-9,13,15H,4,17H2,1-3H3. The van der Waals surface area contributed by atoms with E-state index in [4.69, 9.17) is 15.2 Å². The summed E-state index contributed by atoms with van der Waals surface area (Å²) in [6.45, 7) is 2.04. The minimum absolute atomic E-state index is 0.108. The number of aryl methyl sites for hydroxylation is 1. The van der Waals surface area contributed by atoms with Gasteiger partial charge < -0.3 is 15.2 Å². The Kier molecular flexibility index (Phi) is 5.25. The molecule has 0 saturated carbocycles. The summed E-state index contributed by atoms with van der Waals surface area (Å²) >= 11 is 3.50. The molecule has 2 atom stereocenters. The molecule has 0 aliphatic heterocycles. The maximum Gasteiger partial charge on any atom is 0.142 e. The number of aromatic nitrogens is 2. The minimum atomic E-state index is -0.242. The molecule has 0 aliphatic rings. The fourth-order valence-corrected chi connectivity index (χ4v) is 2.50. The first-order valence-corrected chi connectivity index (χ1v) is 7.58. The normalized spacial score (nSPS) is 13.8. The van der Waals surface area contributed by atoms with E-state index in [1.54, 1.807) is 18.0 Å². The molecule has 1 aromatic carbocycles. The summed E-state index contributed by atoms with van der Waals surface area (Å²) in [6, 6.07) is 5.49. The van der Waals surface area contributed by atoms with Crippen LogP contribution in [0.25, 0.3) is 0 Å². The SMILES string of the molecule is CCC(N)C(Oc1ccc(OC)cc1Br)c1cnn(C)c1. The molecular formula is C15H20BrN3O2. The van der Waals surface area contributed by atoms with Gasteiger partial charge in [0.25, 0.3) is 0 Å². The first-order valence-electron chi connectivity index (χ1n) is 6.79. The zero-order valence-corrected chi connectivity index (χ0v) is 14.0. The van der Waals surface area contributed by atoms with Crippen molar-refractivity contribution < 1.29 is 9.47 Å². The van der Waals surface area contributed by atoms with Gasteiger partial charge in [0.2, 0.25) is 0 Å². The van der Waals surface area contributed by atoms with Gasteiger partial charge in [0.1, 0.15) is 17.6 Å². The van der Waals surface area contributed by atoms with Crippen LogP contribution in [0.5, 0.6) is 11.5 Å². The lowest BCUT2D eigenvalue weighted by Gasteiger charge is -2.24. The third-order valence-electron chi connectivity index (χ3n) is 3.31. The summed E-state index contributed by atoms with van der Waals surface area (Å²) in [4.78, 5) is 0. The molecule has 2 unspecified atom stereocenters. The van der Waals surface area contributed by atoms with E-state index < -0.39 is 0 Å². The molecule has 0 fully saturated rings. The second-order valence-electron chi connectivity index (χ2n) is 4.85. The van der Waals surface area contributed by atoms with E-state index >= 15 is 0 Å². The van der Waals surface area contributed by atoms with Gasteiger partial charge in [-0.05, 0) is 40.5 Å². The average molecular weight is 354 g/mol. The van der Waals surface area contributed by atoms with Crippen molar-refractivity contribution in [2.75, 3.05) is 7.11 Å². The van der Waals surface area contributed by atoms with Gasteiger partial charge >= 0.3 is 0 Å². The molecule has 0 bridgehead atoms. The largest absolute Gasteiger partial charge is 0.497 e. The van der Waals surface area contributed by atoms with Gasteiger partial charge in [0.05, 0.1) is 17.8 Å². The number of nitrogens with zero attached hydrogens (tertiary/aromatic N) is 2. The van der Waals surface area contributed by atoms with Crippen LogP contribution in [0.1, 0.15) is 25.0 Å². The Morgan fingerprint density at radius 1 is 1.43 bits per heavy atom. The molecule has 1 heterocycles. The Balaban J connectivity index is 2.27. The highest BCUT2D eigenvalue weighted by molar-refractivity contribution is 9.10. The van der Waals surface area contributed by atoms with E-state index in [9.17, 15) is 0 Å². The lowest BCUT2D eigenvalue weighted by molar-refractivity contribution is 0.169. The number of rotatable bonds is 6. The van der Waals surface area contributed by atoms with Crippen LogP contribution in [0.3, 0.4) is 0 Å². The molecule has 2 aromatic rings. The predicted molar refractivity (Wildman–Crippen MR) is 85.5 cm³/mol. The summed E-state index contributed by atoms with van der Waals surface area (Å²) in [5, 5.41) is 4.20. The van der Waals surface area contributed by atoms with E-state index in [-0.39, 0.29) is 12.1 Å². The van der Waals surface area contributed by atoms with Crippen molar-refractivity contribution in [2.45, 2.75) is 25.5 Å². The molecule has 2 rings (SSSR count). The van der Waals surface area contributed by atoms with E-state index in [0.29, 0.717) is 0 Å². The molecule has 0 aliphatic carbocycles. The summed E-state index contributed by atoms with van der Waals surface area (Å²) in [5.74, 6) is 1.50. The maximum atomic E-state index is 6.21. The number of methoxy groups -OCH3 is 1. The van der Waals surface area contributed by atoms with Crippen LogP contribution < -0.4 is 15.2 Å². The number of nitrogens with two attached hydrogens (primary N) is 1. The quantitative estimate of drug-likeness (QED) is 0.866. The van der Waals surface area contributed by atoms with Gasteiger partial charge in [0, 0.05) is 24.8 Å². The molecule has 114 valence electrons. The van der Waals surface area contributed by atoms with E-state index in [1.165, 1.54) is 0 Å². The Labute approximate surface area is 133 Å². The fraction of sp³-hybridized carbons (Fsp3) is 0.400. The number of hydrogen-bond donors (Lipinski definition) is 1. The predicted octanol–water partition coefficient (Wildman–Crippen LogP) is 3.05. The molecule has 5 nitrogen and oxygen atoms in total. The molecule has 6 heteroatoms. The number of ether oxygens (including phenoxy) is 2. The smallest absolute Gasteiger partial charge is 0.142 e. The maximum absolute atomic E-state index is 6.21. The first kappa shape index (κ1) is 15.9. The van der Waals surface area contributed by atoms with Crippen molar-refractivity contribution in [2.24, 2.45) is 12.8 Å². The highest BCUT2D eigenvalue weighted by atomic mass is 79.9. The van der Waals surface area contributed by atoms with Crippen LogP contribution >= 0.6 is 15.9 Å². The van der Waals surface area contributed by atoms with Crippen LogP contribution in [-0.2, 0) is 7.05 Å². The second-order valence-corrected chi connectivity index (χ2v) is 5.71. The minimum Gasteiger partial charge on any atom is -0.497 e. The highest BCUT2D eigenvalue weighted by Crippen LogP contribution is 2.33. The van der Waals surface area contributed by atoms with Crippen LogP contribution in [0.2, 0.25) is 0 Å². The van der Waals surface area contributed by atoms with Gasteiger partial charge in [0.15, 0.2) is 0 Å². The number of halogens is 1. The van der Waals surface area contributed by atoms with E-state index in [2.05, 4.69) is 21.0 Å². The number of benzene rings is 1. The Morgan fingerprint density at radius 3 is 2.71 bits per heavy atom. The summed E-state index contributed by atoms with van der Waals surface area (Å²) in [5.41, 5.74) is 7.18. The van der Waals surface area contributed by atoms with Crippen molar-refractivity contribution in [1.29, 1.82) is 0 Å². The number of hydrogen-bond acceptors (Lipinski definition) is 4. The van der Waals surface area contributed by atoms with Crippen molar-refractivity contribution in [3.8, 4) is 11.5 Å². The van der Waals surface area contributed by atoms with Crippen LogP contribution in [-0.4, -0.2) is 22.9 Å². The summed E-state index contributed by atoms with van der Waals surface area (Å²) in [6.07, 6.45) is 4.29. The Hall–Kier alpha value is -1.53. The summed E-state index contributed by atoms with van der Waals surface area (Å²) in [7, 11) is 3.51. The van der Waals surface area contributed by atoms with Crippen molar-refractivity contribution in [3.63, 3.8) is 0 Å². The van der Waals surface area contributed by atoms with Gasteiger partial charge in [-0.15, -0.1) is 0 Å². The molecule has 2 N–H and O–H groups in total. The van der Waals surface area contributed by atoms with E-state index in [1.807, 2.05) is 38.4 Å². The molecular weight excluding hydrogens is 334 g/mol. The molecule has 0 saturated heterocycles. The fourth-order valence-electron chi connectivity index (χ4n) is 2.04. The third-order valence-corrected chi connectivity index (χ3v) is 3.93. The second kappa shape index (κ2) is 6.95. The van der Waals surface area contributed by atoms with Gasteiger partial charge in [-0.1, -0.05) is 6.92 Å². The first-order chi connectivity index (χ1) is 10.0. The van der Waals surface area contributed by atoms with Gasteiger partial charge in [-0.2, -0.15) is 5.10 Å². The van der Waals surface area contributed by atoms with Crippen molar-refractivity contribution >= 4 is 15.9 Å². The monoisotopic (exact) mass is 353 g/mol. The molecule has 21 heavy (non-hydrogen) atoms. The lowest BCUT2D eigenvalue weighted by atomic mass is 10.0. The summed E-state index contributed by atoms with van der Waals surface area (Å²) < 4.78 is 13.9. The van der Waals surface area contributed by atoms with Crippen molar-refractivity contribution in [3.05, 3.63) is 40.6 Å². The van der Waals surface area contributed by atoms with Crippen LogP contribution in [0.15, 0.2) is 35.1 Å². The van der Waals surface area contributed by atoms with Crippen LogP contribution in [0, 0.1) is 0 Å². The van der Waals surface area contributed by atoms with Gasteiger partial charge in [-0.3, -0.25) is 4.68 Å². The van der Waals surface area contributed by atoms with Gasteiger partial charge in [-0.25, -0.2) is 0 Å². The zero-order chi connectivity index (χ0) is 15.4. The van der Waals surface area contributed by atoms with Crippen LogP contribution in [0.4, 0.5) is 0 Å². The molecule has 0 spiro atoms. The molecule has 1 aromatic heterocycles. The topological polar surface area (TPSA) is 62.3 Å². The molecule has 0 amide bonds. The molecule has 0 radical (unpaired) electrons. The Bertz CT molecular complexity index is 600. The van der Waals surface area contributed by atoms with Crippen molar-refractivity contribution in [1.82, 2.24) is 9.78 Å². The average Bonchev–Trinajstić information content (AvgIpc) is 2.91. The zero-order valence-electron chi connectivity index (χ0n) is 12.4.